The Morgan fingerprint density at radius 2 is 2.03 bits per heavy atom. The molecule has 1 unspecified atom stereocenters. The van der Waals surface area contributed by atoms with Crippen molar-refractivity contribution < 1.29 is 13.2 Å². The van der Waals surface area contributed by atoms with Crippen molar-refractivity contribution in [1.29, 1.82) is 5.26 Å². The summed E-state index contributed by atoms with van der Waals surface area (Å²) in [6.07, 6.45) is 5.91. The molecule has 1 aliphatic heterocycles. The van der Waals surface area contributed by atoms with Crippen LogP contribution in [0.5, 0.6) is 0 Å². The molecule has 0 saturated carbocycles. The van der Waals surface area contributed by atoms with E-state index in [1.807, 2.05) is 48.7 Å². The first kappa shape index (κ1) is 22.6. The van der Waals surface area contributed by atoms with Crippen LogP contribution in [0.3, 0.4) is 0 Å². The molecule has 1 amide bonds. The average Bonchev–Trinajstić information content (AvgIpc) is 3.20. The van der Waals surface area contributed by atoms with Crippen molar-refractivity contribution in [2.75, 3.05) is 29.9 Å². The molecule has 1 saturated heterocycles. The highest BCUT2D eigenvalue weighted by Gasteiger charge is 2.33. The quantitative estimate of drug-likeness (QED) is 0.668. The number of terminal acetylenes is 1. The number of hydrogen-bond acceptors (Lipinski definition) is 5. The van der Waals surface area contributed by atoms with E-state index < -0.39 is 9.84 Å². The molecule has 0 aliphatic carbocycles. The van der Waals surface area contributed by atoms with Crippen molar-refractivity contribution >= 4 is 21.6 Å². The molecule has 0 bridgehead atoms. The molecule has 31 heavy (non-hydrogen) atoms. The van der Waals surface area contributed by atoms with Gasteiger partial charge in [0.2, 0.25) is 5.91 Å². The van der Waals surface area contributed by atoms with E-state index in [1.54, 1.807) is 4.90 Å². The summed E-state index contributed by atoms with van der Waals surface area (Å²) in [6, 6.07) is 11.7. The first-order valence-electron chi connectivity index (χ1n) is 10.1. The molecule has 7 nitrogen and oxygen atoms in total. The van der Waals surface area contributed by atoms with Crippen molar-refractivity contribution in [1.82, 2.24) is 9.47 Å². The summed E-state index contributed by atoms with van der Waals surface area (Å²) < 4.78 is 25.6. The SMILES string of the molecule is C#CCN(CC(=O)Nc1c(C#N)c(C)c(C)n1Cc1ccccc1)C1CCS(=O)(=O)C1. The lowest BCUT2D eigenvalue weighted by atomic mass is 10.2. The standard InChI is InChI=1S/C23H26N4O3S/c1-4-11-26(20-10-12-31(29,30)16-20)15-22(28)25-23-21(13-24)17(2)18(3)27(23)14-19-8-6-5-7-9-19/h1,5-9,20H,10-12,14-16H2,2-3H3,(H,25,28). The van der Waals surface area contributed by atoms with E-state index in [0.717, 1.165) is 16.8 Å². The number of nitriles is 1. The Hall–Kier alpha value is -3.07. The summed E-state index contributed by atoms with van der Waals surface area (Å²) in [7, 11) is -3.10. The van der Waals surface area contributed by atoms with Gasteiger partial charge in [0.05, 0.1) is 30.2 Å². The number of hydrogen-bond donors (Lipinski definition) is 1. The number of nitrogens with one attached hydrogen (secondary N) is 1. The summed E-state index contributed by atoms with van der Waals surface area (Å²) in [6.45, 7) is 4.44. The van der Waals surface area contributed by atoms with Gasteiger partial charge in [-0.25, -0.2) is 8.42 Å². The predicted molar refractivity (Wildman–Crippen MR) is 120 cm³/mol. The minimum absolute atomic E-state index is 0.00794. The highest BCUT2D eigenvalue weighted by Crippen LogP contribution is 2.27. The maximum atomic E-state index is 12.9. The molecule has 1 atom stereocenters. The number of nitrogens with zero attached hydrogens (tertiary/aromatic N) is 3. The molecule has 1 N–H and O–H groups in total. The van der Waals surface area contributed by atoms with Gasteiger partial charge in [0.25, 0.3) is 0 Å². The first-order valence-corrected chi connectivity index (χ1v) is 11.9. The monoisotopic (exact) mass is 438 g/mol. The minimum Gasteiger partial charge on any atom is -0.326 e. The van der Waals surface area contributed by atoms with Gasteiger partial charge in [-0.1, -0.05) is 36.3 Å². The number of anilines is 1. The number of benzene rings is 1. The van der Waals surface area contributed by atoms with Crippen LogP contribution in [-0.4, -0.2) is 54.4 Å². The van der Waals surface area contributed by atoms with Crippen molar-refractivity contribution in [2.24, 2.45) is 0 Å². The number of sulfone groups is 1. The van der Waals surface area contributed by atoms with E-state index in [1.165, 1.54) is 0 Å². The van der Waals surface area contributed by atoms with E-state index >= 15 is 0 Å². The summed E-state index contributed by atoms with van der Waals surface area (Å²) in [5.41, 5.74) is 3.19. The average molecular weight is 439 g/mol. The van der Waals surface area contributed by atoms with Crippen LogP contribution in [0, 0.1) is 37.5 Å². The van der Waals surface area contributed by atoms with Gasteiger partial charge in [0.1, 0.15) is 11.9 Å². The molecule has 1 fully saturated rings. The van der Waals surface area contributed by atoms with Crippen molar-refractivity contribution in [3.05, 3.63) is 52.7 Å². The molecular weight excluding hydrogens is 412 g/mol. The molecular formula is C23H26N4O3S. The summed E-state index contributed by atoms with van der Waals surface area (Å²) in [4.78, 5) is 14.6. The second-order valence-corrected chi connectivity index (χ2v) is 10.1. The van der Waals surface area contributed by atoms with E-state index in [2.05, 4.69) is 17.3 Å². The maximum Gasteiger partial charge on any atom is 0.239 e. The zero-order chi connectivity index (χ0) is 22.6. The second-order valence-electron chi connectivity index (χ2n) is 7.83. The fraction of sp³-hybridized carbons (Fsp3) is 0.391. The molecule has 3 rings (SSSR count). The minimum atomic E-state index is -3.10. The summed E-state index contributed by atoms with van der Waals surface area (Å²) >= 11 is 0. The Bertz CT molecular complexity index is 1150. The smallest absolute Gasteiger partial charge is 0.239 e. The topological polar surface area (TPSA) is 95.2 Å². The molecule has 1 aliphatic rings. The molecule has 1 aromatic carbocycles. The Balaban J connectivity index is 1.83. The molecule has 8 heteroatoms. The van der Waals surface area contributed by atoms with Gasteiger partial charge in [-0.15, -0.1) is 6.42 Å². The van der Waals surface area contributed by atoms with Crippen LogP contribution in [0.15, 0.2) is 30.3 Å². The zero-order valence-corrected chi connectivity index (χ0v) is 18.6. The van der Waals surface area contributed by atoms with E-state index in [9.17, 15) is 18.5 Å². The third kappa shape index (κ3) is 5.16. The van der Waals surface area contributed by atoms with Gasteiger partial charge in [-0.3, -0.25) is 9.69 Å². The van der Waals surface area contributed by atoms with E-state index in [-0.39, 0.29) is 36.5 Å². The van der Waals surface area contributed by atoms with Gasteiger partial charge in [-0.2, -0.15) is 5.26 Å². The number of amides is 1. The third-order valence-corrected chi connectivity index (χ3v) is 7.50. The molecule has 0 spiro atoms. The van der Waals surface area contributed by atoms with E-state index in [4.69, 9.17) is 6.42 Å². The van der Waals surface area contributed by atoms with Crippen LogP contribution in [0.1, 0.15) is 28.8 Å². The Morgan fingerprint density at radius 1 is 1.32 bits per heavy atom. The van der Waals surface area contributed by atoms with Crippen LogP contribution in [-0.2, 0) is 21.2 Å². The number of rotatable bonds is 7. The first-order chi connectivity index (χ1) is 14.8. The van der Waals surface area contributed by atoms with Gasteiger partial charge in [-0.05, 0) is 31.4 Å². The van der Waals surface area contributed by atoms with Crippen LogP contribution in [0.2, 0.25) is 0 Å². The van der Waals surface area contributed by atoms with Crippen LogP contribution in [0.25, 0.3) is 0 Å². The largest absolute Gasteiger partial charge is 0.326 e. The Labute approximate surface area is 183 Å². The molecule has 162 valence electrons. The lowest BCUT2D eigenvalue weighted by Gasteiger charge is -2.25. The van der Waals surface area contributed by atoms with Crippen LogP contribution in [0.4, 0.5) is 5.82 Å². The number of carbonyl (C=O) groups is 1. The summed E-state index contributed by atoms with van der Waals surface area (Å²) in [5.74, 6) is 2.75. The van der Waals surface area contributed by atoms with Gasteiger partial charge >= 0.3 is 0 Å². The van der Waals surface area contributed by atoms with Crippen LogP contribution < -0.4 is 5.32 Å². The highest BCUT2D eigenvalue weighted by atomic mass is 32.2. The van der Waals surface area contributed by atoms with Crippen molar-refractivity contribution in [3.63, 3.8) is 0 Å². The summed E-state index contributed by atoms with van der Waals surface area (Å²) in [5, 5.41) is 12.6. The third-order valence-electron chi connectivity index (χ3n) is 5.75. The number of carbonyl (C=O) groups excluding carboxylic acids is 1. The Kier molecular flexibility index (Phi) is 6.84. The highest BCUT2D eigenvalue weighted by molar-refractivity contribution is 7.91. The van der Waals surface area contributed by atoms with E-state index in [0.29, 0.717) is 24.3 Å². The molecule has 1 aromatic heterocycles. The predicted octanol–water partition coefficient (Wildman–Crippen LogP) is 2.09. The zero-order valence-electron chi connectivity index (χ0n) is 17.8. The fourth-order valence-corrected chi connectivity index (χ4v) is 5.71. The van der Waals surface area contributed by atoms with Gasteiger partial charge in [0.15, 0.2) is 9.84 Å². The molecule has 2 heterocycles. The Morgan fingerprint density at radius 3 is 2.61 bits per heavy atom. The number of aromatic nitrogens is 1. The lowest BCUT2D eigenvalue weighted by molar-refractivity contribution is -0.117. The van der Waals surface area contributed by atoms with Gasteiger partial charge in [0, 0.05) is 18.3 Å². The van der Waals surface area contributed by atoms with Gasteiger partial charge < -0.3 is 9.88 Å². The fourth-order valence-electron chi connectivity index (χ4n) is 3.94. The van der Waals surface area contributed by atoms with Crippen molar-refractivity contribution in [2.45, 2.75) is 32.9 Å². The lowest BCUT2D eigenvalue weighted by Crippen LogP contribution is -2.42. The second kappa shape index (κ2) is 9.38. The van der Waals surface area contributed by atoms with Crippen LogP contribution >= 0.6 is 0 Å². The van der Waals surface area contributed by atoms with Crippen molar-refractivity contribution in [3.8, 4) is 18.4 Å². The maximum absolute atomic E-state index is 12.9. The normalized spacial score (nSPS) is 17.3. The molecule has 2 aromatic rings. The molecule has 0 radical (unpaired) electrons.